The predicted octanol–water partition coefficient (Wildman–Crippen LogP) is 5.17. The summed E-state index contributed by atoms with van der Waals surface area (Å²) < 4.78 is 14.2. The average Bonchev–Trinajstić information content (AvgIpc) is 3.18. The number of nitrogens with zero attached hydrogens (tertiary/aromatic N) is 2. The Bertz CT molecular complexity index is 1230. The smallest absolute Gasteiger partial charge is 0.254 e. The van der Waals surface area contributed by atoms with E-state index >= 15 is 0 Å². The molecule has 35 heavy (non-hydrogen) atoms. The highest BCUT2D eigenvalue weighted by Crippen LogP contribution is 2.53. The molecule has 3 fully saturated rings. The number of piperidine rings is 1. The first kappa shape index (κ1) is 22.4. The monoisotopic (exact) mass is 469 g/mol. The molecule has 3 aromatic rings. The lowest BCUT2D eigenvalue weighted by atomic mass is 9.65. The second kappa shape index (κ2) is 8.87. The fraction of sp³-hybridized carbons (Fsp3) is 0.400. The SMILES string of the molecule is C[C@@]12C[C@H]3[C@H](Cc4ccccc4)N[C@@H]1CCC[C@@H]2N3C(=O)c1ccnc(Cc2ccccc2F)c1. The van der Waals surface area contributed by atoms with Gasteiger partial charge in [-0.05, 0) is 61.4 Å². The summed E-state index contributed by atoms with van der Waals surface area (Å²) in [4.78, 5) is 20.8. The van der Waals surface area contributed by atoms with Crippen molar-refractivity contribution in [3.8, 4) is 0 Å². The molecule has 2 aromatic carbocycles. The van der Waals surface area contributed by atoms with Crippen LogP contribution in [0.4, 0.5) is 4.39 Å². The third-order valence-electron chi connectivity index (χ3n) is 8.68. The van der Waals surface area contributed by atoms with Gasteiger partial charge in [0.15, 0.2) is 0 Å². The van der Waals surface area contributed by atoms with E-state index in [4.69, 9.17) is 0 Å². The number of aromatic nitrogens is 1. The number of rotatable bonds is 5. The molecule has 4 nitrogen and oxygen atoms in total. The van der Waals surface area contributed by atoms with Crippen LogP contribution < -0.4 is 5.32 Å². The van der Waals surface area contributed by atoms with Crippen molar-refractivity contribution in [3.63, 3.8) is 0 Å². The lowest BCUT2D eigenvalue weighted by molar-refractivity contribution is 0.0558. The number of amides is 1. The largest absolute Gasteiger partial charge is 0.330 e. The van der Waals surface area contributed by atoms with Gasteiger partial charge >= 0.3 is 0 Å². The Morgan fingerprint density at radius 2 is 1.91 bits per heavy atom. The van der Waals surface area contributed by atoms with E-state index in [2.05, 4.69) is 52.5 Å². The fourth-order valence-corrected chi connectivity index (χ4v) is 6.95. The molecule has 2 saturated heterocycles. The average molecular weight is 470 g/mol. The summed E-state index contributed by atoms with van der Waals surface area (Å²) in [6.45, 7) is 2.38. The van der Waals surface area contributed by atoms with Crippen molar-refractivity contribution in [1.82, 2.24) is 15.2 Å². The van der Waals surface area contributed by atoms with Crippen molar-refractivity contribution in [3.05, 3.63) is 101 Å². The summed E-state index contributed by atoms with van der Waals surface area (Å²) in [6, 6.07) is 22.1. The highest BCUT2D eigenvalue weighted by molar-refractivity contribution is 5.95. The molecule has 1 N–H and O–H groups in total. The number of carbonyl (C=O) groups excluding carboxylic acids is 1. The second-order valence-corrected chi connectivity index (χ2v) is 10.8. The summed E-state index contributed by atoms with van der Waals surface area (Å²) in [5.74, 6) is -0.154. The van der Waals surface area contributed by atoms with E-state index in [1.54, 1.807) is 18.3 Å². The van der Waals surface area contributed by atoms with Crippen LogP contribution in [0.2, 0.25) is 0 Å². The number of halogens is 1. The topological polar surface area (TPSA) is 45.2 Å². The molecule has 180 valence electrons. The van der Waals surface area contributed by atoms with Crippen molar-refractivity contribution in [2.75, 3.05) is 0 Å². The minimum atomic E-state index is -0.240. The van der Waals surface area contributed by atoms with Crippen LogP contribution in [0.1, 0.15) is 59.8 Å². The minimum absolute atomic E-state index is 0.0864. The highest BCUT2D eigenvalue weighted by atomic mass is 19.1. The van der Waals surface area contributed by atoms with Crippen LogP contribution >= 0.6 is 0 Å². The van der Waals surface area contributed by atoms with Gasteiger partial charge in [0.1, 0.15) is 5.82 Å². The number of likely N-dealkylation sites (tertiary alicyclic amines) is 1. The number of pyridine rings is 1. The van der Waals surface area contributed by atoms with E-state index in [-0.39, 0.29) is 35.3 Å². The number of benzene rings is 2. The zero-order valence-corrected chi connectivity index (χ0v) is 20.2. The lowest BCUT2D eigenvalue weighted by Crippen LogP contribution is -2.58. The maximum Gasteiger partial charge on any atom is 0.254 e. The predicted molar refractivity (Wildman–Crippen MR) is 135 cm³/mol. The Morgan fingerprint density at radius 3 is 2.74 bits per heavy atom. The van der Waals surface area contributed by atoms with Gasteiger partial charge in [-0.1, -0.05) is 55.5 Å². The summed E-state index contributed by atoms with van der Waals surface area (Å²) >= 11 is 0. The van der Waals surface area contributed by atoms with Crippen molar-refractivity contribution < 1.29 is 9.18 Å². The molecule has 5 heteroatoms. The zero-order valence-electron chi connectivity index (χ0n) is 20.2. The van der Waals surface area contributed by atoms with Crippen molar-refractivity contribution >= 4 is 5.91 Å². The first-order chi connectivity index (χ1) is 17.0. The standard InChI is InChI=1S/C30H32FN3O/c1-30-19-26-25(16-20-8-3-2-4-9-20)33-27(30)12-7-13-28(30)34(26)29(35)22-14-15-32-23(18-22)17-21-10-5-6-11-24(21)31/h2-6,8-11,14-15,18,25-28,33H,7,12-13,16-17,19H2,1H3/t25-,26-,27+,28-,30+/m0/s1. The van der Waals surface area contributed by atoms with Crippen molar-refractivity contribution in [2.45, 2.75) is 69.6 Å². The van der Waals surface area contributed by atoms with Crippen LogP contribution in [0, 0.1) is 11.2 Å². The van der Waals surface area contributed by atoms with Gasteiger partial charge in [-0.3, -0.25) is 9.78 Å². The summed E-state index contributed by atoms with van der Waals surface area (Å²) in [6.07, 6.45) is 7.41. The maximum absolute atomic E-state index is 14.2. The fourth-order valence-electron chi connectivity index (χ4n) is 6.95. The van der Waals surface area contributed by atoms with E-state index in [0.29, 0.717) is 23.6 Å². The summed E-state index contributed by atoms with van der Waals surface area (Å²) in [5, 5.41) is 3.97. The third-order valence-corrected chi connectivity index (χ3v) is 8.68. The Kier molecular flexibility index (Phi) is 5.68. The molecule has 0 radical (unpaired) electrons. The van der Waals surface area contributed by atoms with Crippen molar-refractivity contribution in [1.29, 1.82) is 0 Å². The Balaban J connectivity index is 1.31. The van der Waals surface area contributed by atoms with E-state index in [1.165, 1.54) is 18.1 Å². The van der Waals surface area contributed by atoms with Gasteiger partial charge in [0, 0.05) is 53.5 Å². The zero-order chi connectivity index (χ0) is 24.0. The Morgan fingerprint density at radius 1 is 1.11 bits per heavy atom. The summed E-state index contributed by atoms with van der Waals surface area (Å²) in [5.41, 5.74) is 3.38. The van der Waals surface area contributed by atoms with Gasteiger partial charge in [-0.2, -0.15) is 0 Å². The summed E-state index contributed by atoms with van der Waals surface area (Å²) in [7, 11) is 0. The number of carbonyl (C=O) groups is 1. The van der Waals surface area contributed by atoms with Crippen LogP contribution in [0.5, 0.6) is 0 Å². The first-order valence-electron chi connectivity index (χ1n) is 12.8. The molecule has 3 aliphatic rings. The molecular formula is C30H32FN3O. The van der Waals surface area contributed by atoms with E-state index < -0.39 is 0 Å². The quantitative estimate of drug-likeness (QED) is 0.561. The number of hydrogen-bond acceptors (Lipinski definition) is 3. The molecule has 2 aliphatic heterocycles. The lowest BCUT2D eigenvalue weighted by Gasteiger charge is -2.46. The number of hydrogen-bond donors (Lipinski definition) is 1. The highest BCUT2D eigenvalue weighted by Gasteiger charge is 2.61. The number of fused-ring (bicyclic) bond motifs is 1. The molecule has 5 atom stereocenters. The number of nitrogens with one attached hydrogen (secondary N) is 1. The molecule has 1 aliphatic carbocycles. The van der Waals surface area contributed by atoms with Gasteiger partial charge in [0.25, 0.3) is 5.91 Å². The molecule has 0 unspecified atom stereocenters. The van der Waals surface area contributed by atoms with Gasteiger partial charge < -0.3 is 10.2 Å². The minimum Gasteiger partial charge on any atom is -0.330 e. The normalized spacial score (nSPS) is 29.3. The first-order valence-corrected chi connectivity index (χ1v) is 12.8. The van der Waals surface area contributed by atoms with Crippen LogP contribution in [-0.2, 0) is 12.8 Å². The third kappa shape index (κ3) is 3.96. The van der Waals surface area contributed by atoms with Gasteiger partial charge in [-0.15, -0.1) is 0 Å². The Labute approximate surface area is 206 Å². The molecule has 3 heterocycles. The van der Waals surface area contributed by atoms with E-state index in [1.807, 2.05) is 18.2 Å². The second-order valence-electron chi connectivity index (χ2n) is 10.8. The maximum atomic E-state index is 14.2. The van der Waals surface area contributed by atoms with E-state index in [0.717, 1.165) is 31.4 Å². The molecule has 1 amide bonds. The van der Waals surface area contributed by atoms with Crippen molar-refractivity contribution in [2.24, 2.45) is 5.41 Å². The van der Waals surface area contributed by atoms with Gasteiger partial charge in [0.05, 0.1) is 0 Å². The van der Waals surface area contributed by atoms with Gasteiger partial charge in [0.2, 0.25) is 0 Å². The molecule has 0 spiro atoms. The molecular weight excluding hydrogens is 437 g/mol. The van der Waals surface area contributed by atoms with Crippen LogP contribution in [0.25, 0.3) is 0 Å². The van der Waals surface area contributed by atoms with Crippen LogP contribution in [0.15, 0.2) is 72.9 Å². The van der Waals surface area contributed by atoms with Crippen LogP contribution in [0.3, 0.4) is 0 Å². The molecule has 2 bridgehead atoms. The molecule has 1 saturated carbocycles. The van der Waals surface area contributed by atoms with Gasteiger partial charge in [-0.25, -0.2) is 4.39 Å². The Hall–Kier alpha value is -3.05. The molecule has 6 rings (SSSR count). The molecule has 1 aromatic heterocycles. The van der Waals surface area contributed by atoms with Crippen LogP contribution in [-0.4, -0.2) is 40.0 Å². The van der Waals surface area contributed by atoms with E-state index in [9.17, 15) is 9.18 Å².